The molecular weight excluding hydrogens is 220 g/mol. The molecule has 1 unspecified atom stereocenters. The van der Waals surface area contributed by atoms with Gasteiger partial charge in [-0.05, 0) is 18.6 Å². The van der Waals surface area contributed by atoms with Crippen molar-refractivity contribution in [3.05, 3.63) is 40.1 Å². The van der Waals surface area contributed by atoms with Crippen LogP contribution in [0.3, 0.4) is 0 Å². The normalized spacial score (nSPS) is 12.9. The van der Waals surface area contributed by atoms with E-state index in [-0.39, 0.29) is 6.04 Å². The summed E-state index contributed by atoms with van der Waals surface area (Å²) in [5.74, 6) is 6.56. The summed E-state index contributed by atoms with van der Waals surface area (Å²) in [6.07, 6.45) is 4.77. The third-order valence-electron chi connectivity index (χ3n) is 2.60. The van der Waals surface area contributed by atoms with Crippen LogP contribution in [0.1, 0.15) is 28.5 Å². The van der Waals surface area contributed by atoms with E-state index in [0.717, 1.165) is 12.2 Å². The second-order valence-electron chi connectivity index (χ2n) is 3.65. The van der Waals surface area contributed by atoms with Gasteiger partial charge in [0.2, 0.25) is 0 Å². The quantitative estimate of drug-likeness (QED) is 0.626. The van der Waals surface area contributed by atoms with Gasteiger partial charge in [-0.15, -0.1) is 11.3 Å². The van der Waals surface area contributed by atoms with Gasteiger partial charge in [-0.1, -0.05) is 6.92 Å². The molecule has 2 heterocycles. The third-order valence-corrected chi connectivity index (χ3v) is 3.89. The molecule has 0 saturated heterocycles. The molecule has 4 nitrogen and oxygen atoms in total. The van der Waals surface area contributed by atoms with Crippen molar-refractivity contribution in [2.45, 2.75) is 19.4 Å². The summed E-state index contributed by atoms with van der Waals surface area (Å²) in [4.78, 5) is 6.89. The first kappa shape index (κ1) is 11.3. The van der Waals surface area contributed by atoms with E-state index in [1.54, 1.807) is 17.5 Å². The van der Waals surface area contributed by atoms with Crippen molar-refractivity contribution in [1.82, 2.24) is 15.0 Å². The smallest absolute Gasteiger partial charge is 0.132 e. The number of nitrogens with one attached hydrogen (secondary N) is 1. The van der Waals surface area contributed by atoms with E-state index >= 15 is 0 Å². The number of rotatable bonds is 4. The molecule has 2 rings (SSSR count). The molecule has 0 bridgehead atoms. The van der Waals surface area contributed by atoms with Gasteiger partial charge in [-0.3, -0.25) is 5.84 Å². The number of imidazole rings is 1. The Morgan fingerprint density at radius 3 is 2.88 bits per heavy atom. The van der Waals surface area contributed by atoms with Gasteiger partial charge < -0.3 is 4.57 Å². The van der Waals surface area contributed by atoms with Crippen molar-refractivity contribution in [3.8, 4) is 0 Å². The molecule has 0 fully saturated rings. The standard InChI is InChI=1S/C11H16N4S/c1-3-8-4-5-9(16-8)10(14-12)11-13-6-7-15(11)2/h4-7,10,14H,3,12H2,1-2H3. The topological polar surface area (TPSA) is 55.9 Å². The second-order valence-corrected chi connectivity index (χ2v) is 4.85. The first-order chi connectivity index (χ1) is 7.76. The highest BCUT2D eigenvalue weighted by Crippen LogP contribution is 2.27. The van der Waals surface area contributed by atoms with Crippen LogP contribution in [-0.4, -0.2) is 9.55 Å². The Morgan fingerprint density at radius 2 is 2.38 bits per heavy atom. The van der Waals surface area contributed by atoms with Gasteiger partial charge in [0.05, 0.1) is 0 Å². The first-order valence-corrected chi connectivity index (χ1v) is 6.09. The maximum absolute atomic E-state index is 5.62. The van der Waals surface area contributed by atoms with Crippen LogP contribution in [0.25, 0.3) is 0 Å². The van der Waals surface area contributed by atoms with Crippen molar-refractivity contribution in [1.29, 1.82) is 0 Å². The summed E-state index contributed by atoms with van der Waals surface area (Å²) >= 11 is 1.78. The van der Waals surface area contributed by atoms with Gasteiger partial charge in [0.25, 0.3) is 0 Å². The maximum atomic E-state index is 5.62. The van der Waals surface area contributed by atoms with E-state index in [9.17, 15) is 0 Å². The highest BCUT2D eigenvalue weighted by Gasteiger charge is 2.18. The monoisotopic (exact) mass is 236 g/mol. The summed E-state index contributed by atoms with van der Waals surface area (Å²) in [6.45, 7) is 2.15. The van der Waals surface area contributed by atoms with E-state index < -0.39 is 0 Å². The summed E-state index contributed by atoms with van der Waals surface area (Å²) in [5.41, 5.74) is 2.83. The van der Waals surface area contributed by atoms with Gasteiger partial charge in [-0.25, -0.2) is 10.4 Å². The molecule has 0 aliphatic heterocycles. The number of nitrogens with zero attached hydrogens (tertiary/aromatic N) is 2. The van der Waals surface area contributed by atoms with Gasteiger partial charge in [0.1, 0.15) is 11.9 Å². The molecule has 0 aromatic carbocycles. The third kappa shape index (κ3) is 2.02. The summed E-state index contributed by atoms with van der Waals surface area (Å²) in [6, 6.07) is 4.24. The van der Waals surface area contributed by atoms with Crippen LogP contribution in [0, 0.1) is 0 Å². The SMILES string of the molecule is CCc1ccc(C(NN)c2nccn2C)s1. The fourth-order valence-electron chi connectivity index (χ4n) is 1.68. The molecule has 0 aliphatic rings. The Hall–Kier alpha value is -1.17. The van der Waals surface area contributed by atoms with Crippen LogP contribution >= 0.6 is 11.3 Å². The van der Waals surface area contributed by atoms with Crippen molar-refractivity contribution < 1.29 is 0 Å². The molecular formula is C11H16N4S. The van der Waals surface area contributed by atoms with Crippen molar-refractivity contribution in [2.24, 2.45) is 12.9 Å². The minimum absolute atomic E-state index is 0.0229. The Bertz CT molecular complexity index is 460. The predicted molar refractivity (Wildman–Crippen MR) is 66.1 cm³/mol. The molecule has 1 atom stereocenters. The first-order valence-electron chi connectivity index (χ1n) is 5.28. The summed E-state index contributed by atoms with van der Waals surface area (Å²) in [5, 5.41) is 0. The maximum Gasteiger partial charge on any atom is 0.132 e. The second kappa shape index (κ2) is 4.78. The van der Waals surface area contributed by atoms with Crippen molar-refractivity contribution >= 4 is 11.3 Å². The highest BCUT2D eigenvalue weighted by atomic mass is 32.1. The van der Waals surface area contributed by atoms with Gasteiger partial charge in [-0.2, -0.15) is 0 Å². The minimum Gasteiger partial charge on any atom is -0.336 e. The Kier molecular flexibility index (Phi) is 3.38. The molecule has 0 aliphatic carbocycles. The van der Waals surface area contributed by atoms with E-state index in [4.69, 9.17) is 5.84 Å². The Labute approximate surface area is 99.1 Å². The van der Waals surface area contributed by atoms with E-state index in [1.165, 1.54) is 9.75 Å². The van der Waals surface area contributed by atoms with Crippen LogP contribution in [0.2, 0.25) is 0 Å². The predicted octanol–water partition coefficient (Wildman–Crippen LogP) is 1.60. The Balaban J connectivity index is 2.32. The highest BCUT2D eigenvalue weighted by molar-refractivity contribution is 7.12. The lowest BCUT2D eigenvalue weighted by Gasteiger charge is -2.13. The number of hydrogen-bond donors (Lipinski definition) is 2. The lowest BCUT2D eigenvalue weighted by Crippen LogP contribution is -2.30. The van der Waals surface area contributed by atoms with Gasteiger partial charge in [0, 0.05) is 29.2 Å². The lowest BCUT2D eigenvalue weighted by molar-refractivity contribution is 0.588. The molecule has 16 heavy (non-hydrogen) atoms. The van der Waals surface area contributed by atoms with Crippen molar-refractivity contribution in [2.75, 3.05) is 0 Å². The number of aryl methyl sites for hydroxylation is 2. The molecule has 86 valence electrons. The fraction of sp³-hybridized carbons (Fsp3) is 0.364. The molecule has 0 radical (unpaired) electrons. The molecule has 5 heteroatoms. The number of hydrazine groups is 1. The van der Waals surface area contributed by atoms with Crippen LogP contribution in [-0.2, 0) is 13.5 Å². The average molecular weight is 236 g/mol. The lowest BCUT2D eigenvalue weighted by atomic mass is 10.2. The van der Waals surface area contributed by atoms with E-state index in [0.29, 0.717) is 0 Å². The molecule has 0 amide bonds. The Morgan fingerprint density at radius 1 is 1.56 bits per heavy atom. The molecule has 3 N–H and O–H groups in total. The average Bonchev–Trinajstić information content (AvgIpc) is 2.90. The van der Waals surface area contributed by atoms with E-state index in [1.807, 2.05) is 17.8 Å². The zero-order valence-corrected chi connectivity index (χ0v) is 10.3. The largest absolute Gasteiger partial charge is 0.336 e. The minimum atomic E-state index is -0.0229. The van der Waals surface area contributed by atoms with Crippen molar-refractivity contribution in [3.63, 3.8) is 0 Å². The zero-order chi connectivity index (χ0) is 11.5. The van der Waals surface area contributed by atoms with Crippen LogP contribution in [0.5, 0.6) is 0 Å². The number of hydrogen-bond acceptors (Lipinski definition) is 4. The number of nitrogens with two attached hydrogens (primary N) is 1. The van der Waals surface area contributed by atoms with Crippen LogP contribution in [0.15, 0.2) is 24.5 Å². The summed E-state index contributed by atoms with van der Waals surface area (Å²) in [7, 11) is 1.97. The molecule has 0 spiro atoms. The van der Waals surface area contributed by atoms with Crippen LogP contribution in [0.4, 0.5) is 0 Å². The molecule has 2 aromatic rings. The van der Waals surface area contributed by atoms with Crippen LogP contribution < -0.4 is 11.3 Å². The fourth-order valence-corrected chi connectivity index (χ4v) is 2.69. The number of aromatic nitrogens is 2. The molecule has 0 saturated carbocycles. The van der Waals surface area contributed by atoms with Gasteiger partial charge in [0.15, 0.2) is 0 Å². The number of thiophene rings is 1. The van der Waals surface area contributed by atoms with E-state index in [2.05, 4.69) is 29.5 Å². The summed E-state index contributed by atoms with van der Waals surface area (Å²) < 4.78 is 1.98. The zero-order valence-electron chi connectivity index (χ0n) is 9.47. The molecule has 2 aromatic heterocycles. The van der Waals surface area contributed by atoms with Gasteiger partial charge >= 0.3 is 0 Å².